The number of pyridine rings is 1. The van der Waals surface area contributed by atoms with E-state index >= 15 is 0 Å². The summed E-state index contributed by atoms with van der Waals surface area (Å²) < 4.78 is 1.85. The molecule has 1 saturated carbocycles. The Balaban J connectivity index is 1.56. The number of amides is 1. The van der Waals surface area contributed by atoms with Crippen LogP contribution in [-0.4, -0.2) is 39.5 Å². The van der Waals surface area contributed by atoms with E-state index in [1.807, 2.05) is 15.5 Å². The molecule has 0 unspecified atom stereocenters. The van der Waals surface area contributed by atoms with Crippen LogP contribution in [0.3, 0.4) is 0 Å². The molecule has 3 heterocycles. The lowest BCUT2D eigenvalue weighted by Crippen LogP contribution is -2.52. The highest BCUT2D eigenvalue weighted by molar-refractivity contribution is 5.85. The quantitative estimate of drug-likeness (QED) is 0.885. The summed E-state index contributed by atoms with van der Waals surface area (Å²) in [6.07, 6.45) is 4.10. The third kappa shape index (κ3) is 2.87. The van der Waals surface area contributed by atoms with Crippen molar-refractivity contribution in [2.75, 3.05) is 13.1 Å². The average Bonchev–Trinajstić information content (AvgIpc) is 2.62. The molecule has 134 valence electrons. The largest absolute Gasteiger partial charge is 0.481 e. The number of likely N-dealkylation sites (tertiary alicyclic amines) is 1. The van der Waals surface area contributed by atoms with Crippen molar-refractivity contribution >= 4 is 11.9 Å². The minimum atomic E-state index is -0.841. The Hall–Kier alpha value is -2.11. The summed E-state index contributed by atoms with van der Waals surface area (Å²) in [6.45, 7) is 1.89. The molecule has 1 aromatic rings. The summed E-state index contributed by atoms with van der Waals surface area (Å²) in [6, 6.07) is 5.36. The smallest absolute Gasteiger partial charge is 0.307 e. The normalized spacial score (nSPS) is 31.3. The predicted octanol–water partition coefficient (Wildman–Crippen LogP) is 1.69. The molecule has 2 fully saturated rings. The minimum Gasteiger partial charge on any atom is -0.481 e. The first-order valence-corrected chi connectivity index (χ1v) is 9.26. The van der Waals surface area contributed by atoms with E-state index < -0.39 is 11.9 Å². The number of carboxylic acids is 1. The number of aromatic nitrogens is 1. The summed E-state index contributed by atoms with van der Waals surface area (Å²) in [5.41, 5.74) is 1.05. The first kappa shape index (κ1) is 16.4. The molecule has 4 atom stereocenters. The van der Waals surface area contributed by atoms with Crippen molar-refractivity contribution in [3.8, 4) is 0 Å². The van der Waals surface area contributed by atoms with Crippen molar-refractivity contribution in [2.24, 2.45) is 17.8 Å². The van der Waals surface area contributed by atoms with Crippen LogP contribution < -0.4 is 5.56 Å². The van der Waals surface area contributed by atoms with Gasteiger partial charge in [0.1, 0.15) is 0 Å². The molecule has 3 aliphatic rings. The molecular formula is C19H24N2O4. The maximum atomic E-state index is 13.1. The topological polar surface area (TPSA) is 79.6 Å². The van der Waals surface area contributed by atoms with Crippen LogP contribution in [0.4, 0.5) is 0 Å². The molecule has 0 radical (unpaired) electrons. The van der Waals surface area contributed by atoms with E-state index in [2.05, 4.69) is 0 Å². The van der Waals surface area contributed by atoms with Crippen molar-refractivity contribution in [3.05, 3.63) is 34.2 Å². The molecule has 0 aromatic carbocycles. The molecule has 1 saturated heterocycles. The molecule has 1 N–H and O–H groups in total. The number of fused-ring (bicyclic) bond motifs is 4. The van der Waals surface area contributed by atoms with Gasteiger partial charge in [0.15, 0.2) is 0 Å². The van der Waals surface area contributed by atoms with Crippen LogP contribution in [-0.2, 0) is 16.1 Å². The van der Waals surface area contributed by atoms with E-state index in [-0.39, 0.29) is 29.2 Å². The monoisotopic (exact) mass is 344 g/mol. The molecule has 6 heteroatoms. The molecule has 2 aliphatic heterocycles. The lowest BCUT2D eigenvalue weighted by molar-refractivity contribution is -0.153. The molecule has 0 spiro atoms. The zero-order chi connectivity index (χ0) is 17.6. The van der Waals surface area contributed by atoms with Crippen molar-refractivity contribution in [1.29, 1.82) is 0 Å². The fourth-order valence-corrected chi connectivity index (χ4v) is 5.03. The zero-order valence-corrected chi connectivity index (χ0v) is 14.3. The van der Waals surface area contributed by atoms with Crippen LogP contribution in [0, 0.1) is 17.8 Å². The highest BCUT2D eigenvalue weighted by atomic mass is 16.4. The fourth-order valence-electron chi connectivity index (χ4n) is 5.03. The maximum absolute atomic E-state index is 13.1. The second kappa shape index (κ2) is 6.32. The van der Waals surface area contributed by atoms with Crippen LogP contribution in [0.15, 0.2) is 23.0 Å². The van der Waals surface area contributed by atoms with E-state index in [0.717, 1.165) is 25.0 Å². The first-order valence-electron chi connectivity index (χ1n) is 9.26. The Morgan fingerprint density at radius 3 is 2.56 bits per heavy atom. The number of nitrogens with zero attached hydrogens (tertiary/aromatic N) is 2. The molecular weight excluding hydrogens is 320 g/mol. The molecule has 1 aliphatic carbocycles. The number of hydrogen-bond acceptors (Lipinski definition) is 3. The van der Waals surface area contributed by atoms with Crippen molar-refractivity contribution in [1.82, 2.24) is 9.47 Å². The van der Waals surface area contributed by atoms with E-state index in [1.54, 1.807) is 12.1 Å². The molecule has 1 aromatic heterocycles. The van der Waals surface area contributed by atoms with Gasteiger partial charge in [0, 0.05) is 37.3 Å². The molecule has 25 heavy (non-hydrogen) atoms. The standard InChI is InChI=1S/C19H24N2O4/c22-17-7-3-6-16-13-8-12(10-21(16)17)9-20(11-13)18(23)14-4-1-2-5-15(14)19(24)25/h3,6-7,12-15H,1-2,4-5,8-11H2,(H,24,25)/t12-,13-,14+,15+/m0/s1. The lowest BCUT2D eigenvalue weighted by Gasteiger charge is -2.44. The van der Waals surface area contributed by atoms with Gasteiger partial charge >= 0.3 is 5.97 Å². The molecule has 4 rings (SSSR count). The van der Waals surface area contributed by atoms with Gasteiger partial charge < -0.3 is 14.6 Å². The number of rotatable bonds is 2. The van der Waals surface area contributed by atoms with Gasteiger partial charge in [-0.15, -0.1) is 0 Å². The SMILES string of the molecule is O=C(O)[C@@H]1CCCC[C@H]1C(=O)N1C[C@@H]2C[C@@H](C1)c1cccc(=O)n1C2. The van der Waals surface area contributed by atoms with Gasteiger partial charge in [-0.1, -0.05) is 18.9 Å². The van der Waals surface area contributed by atoms with Gasteiger partial charge in [-0.3, -0.25) is 14.4 Å². The summed E-state index contributed by atoms with van der Waals surface area (Å²) in [5.74, 6) is -1.30. The Bertz CT molecular complexity index is 756. The number of piperidine rings is 1. The maximum Gasteiger partial charge on any atom is 0.307 e. The van der Waals surface area contributed by atoms with Gasteiger partial charge in [0.25, 0.3) is 5.56 Å². The highest BCUT2D eigenvalue weighted by Gasteiger charge is 2.42. The number of aliphatic carboxylic acids is 1. The van der Waals surface area contributed by atoms with Crippen LogP contribution in [0.2, 0.25) is 0 Å². The lowest BCUT2D eigenvalue weighted by atomic mass is 9.77. The number of carbonyl (C=O) groups is 2. The zero-order valence-electron chi connectivity index (χ0n) is 14.3. The van der Waals surface area contributed by atoms with Gasteiger partial charge in [0.05, 0.1) is 11.8 Å². The summed E-state index contributed by atoms with van der Waals surface area (Å²) in [7, 11) is 0. The van der Waals surface area contributed by atoms with Gasteiger partial charge in [0.2, 0.25) is 5.91 Å². The summed E-state index contributed by atoms with van der Waals surface area (Å²) >= 11 is 0. The van der Waals surface area contributed by atoms with Crippen LogP contribution in [0.25, 0.3) is 0 Å². The Labute approximate surface area is 146 Å². The van der Waals surface area contributed by atoms with E-state index in [1.165, 1.54) is 0 Å². The van der Waals surface area contributed by atoms with Crippen LogP contribution in [0.5, 0.6) is 0 Å². The van der Waals surface area contributed by atoms with Crippen molar-refractivity contribution in [2.45, 2.75) is 44.6 Å². The Morgan fingerprint density at radius 1 is 1.04 bits per heavy atom. The molecule has 6 nitrogen and oxygen atoms in total. The highest BCUT2D eigenvalue weighted by Crippen LogP contribution is 2.38. The van der Waals surface area contributed by atoms with Gasteiger partial charge in [-0.25, -0.2) is 0 Å². The summed E-state index contributed by atoms with van der Waals surface area (Å²) in [5, 5.41) is 9.47. The third-order valence-corrected chi connectivity index (χ3v) is 6.19. The summed E-state index contributed by atoms with van der Waals surface area (Å²) in [4.78, 5) is 38.6. The number of carboxylic acid groups (broad SMARTS) is 1. The average molecular weight is 344 g/mol. The third-order valence-electron chi connectivity index (χ3n) is 6.19. The van der Waals surface area contributed by atoms with Gasteiger partial charge in [-0.05, 0) is 31.2 Å². The number of carbonyl (C=O) groups excluding carboxylic acids is 1. The second-order valence-corrected chi connectivity index (χ2v) is 7.78. The van der Waals surface area contributed by atoms with Crippen LogP contribution >= 0.6 is 0 Å². The molecule has 1 amide bonds. The molecule has 2 bridgehead atoms. The minimum absolute atomic E-state index is 0.00790. The first-order chi connectivity index (χ1) is 12.0. The Kier molecular flexibility index (Phi) is 4.13. The van der Waals surface area contributed by atoms with Gasteiger partial charge in [-0.2, -0.15) is 0 Å². The van der Waals surface area contributed by atoms with Crippen LogP contribution in [0.1, 0.15) is 43.7 Å². The predicted molar refractivity (Wildman–Crippen MR) is 91.2 cm³/mol. The van der Waals surface area contributed by atoms with E-state index in [0.29, 0.717) is 32.5 Å². The van der Waals surface area contributed by atoms with Crippen molar-refractivity contribution in [3.63, 3.8) is 0 Å². The van der Waals surface area contributed by atoms with E-state index in [4.69, 9.17) is 0 Å². The van der Waals surface area contributed by atoms with E-state index in [9.17, 15) is 19.5 Å². The second-order valence-electron chi connectivity index (χ2n) is 7.78. The Morgan fingerprint density at radius 2 is 1.80 bits per heavy atom. The van der Waals surface area contributed by atoms with Crippen molar-refractivity contribution < 1.29 is 14.7 Å². The number of hydrogen-bond donors (Lipinski definition) is 1. The fraction of sp³-hybridized carbons (Fsp3) is 0.632.